The number of rotatable bonds is 3. The highest BCUT2D eigenvalue weighted by molar-refractivity contribution is 5.75. The summed E-state index contributed by atoms with van der Waals surface area (Å²) in [6, 6.07) is 0. The number of nitrogens with zero attached hydrogens (tertiary/aromatic N) is 2. The Bertz CT molecular complexity index is 360. The molecular weight excluding hydrogens is 194 g/mol. The molecule has 0 aromatic carbocycles. The first-order valence-electron chi connectivity index (χ1n) is 3.93. The van der Waals surface area contributed by atoms with Crippen molar-refractivity contribution in [2.75, 3.05) is 0 Å². The Morgan fingerprint density at radius 1 is 1.71 bits per heavy atom. The molecule has 6 heteroatoms. The topological polar surface area (TPSA) is 55.1 Å². The predicted octanol–water partition coefficient (Wildman–Crippen LogP) is 0.991. The number of hydrogen-bond donors (Lipinski definition) is 1. The van der Waals surface area contributed by atoms with Crippen LogP contribution in [0.25, 0.3) is 0 Å². The van der Waals surface area contributed by atoms with Gasteiger partial charge in [0.1, 0.15) is 0 Å². The SMILES string of the molecule is Cc1nn(C)cc1CC(F)(F)C(=O)O. The molecule has 0 saturated heterocycles. The molecule has 0 radical (unpaired) electrons. The Labute approximate surface area is 79.2 Å². The molecule has 0 fully saturated rings. The zero-order valence-electron chi connectivity index (χ0n) is 7.79. The van der Waals surface area contributed by atoms with Gasteiger partial charge in [-0.15, -0.1) is 0 Å². The normalized spacial score (nSPS) is 11.7. The van der Waals surface area contributed by atoms with E-state index in [0.717, 1.165) is 0 Å². The molecule has 0 bridgehead atoms. The van der Waals surface area contributed by atoms with Crippen molar-refractivity contribution in [3.8, 4) is 0 Å². The van der Waals surface area contributed by atoms with Crippen LogP contribution in [-0.4, -0.2) is 26.8 Å². The molecule has 0 atom stereocenters. The van der Waals surface area contributed by atoms with Crippen LogP contribution in [0.5, 0.6) is 0 Å². The van der Waals surface area contributed by atoms with Gasteiger partial charge < -0.3 is 5.11 Å². The molecule has 0 aliphatic rings. The number of aliphatic carboxylic acids is 1. The van der Waals surface area contributed by atoms with Gasteiger partial charge in [-0.3, -0.25) is 4.68 Å². The molecule has 1 aromatic heterocycles. The summed E-state index contributed by atoms with van der Waals surface area (Å²) in [5.74, 6) is -5.84. The molecule has 0 aliphatic heterocycles. The van der Waals surface area contributed by atoms with Crippen molar-refractivity contribution in [3.05, 3.63) is 17.5 Å². The molecular formula is C8H10F2N2O2. The van der Waals surface area contributed by atoms with Gasteiger partial charge in [0.05, 0.1) is 12.1 Å². The van der Waals surface area contributed by atoms with Crippen LogP contribution < -0.4 is 0 Å². The van der Waals surface area contributed by atoms with E-state index in [9.17, 15) is 13.6 Å². The largest absolute Gasteiger partial charge is 0.477 e. The van der Waals surface area contributed by atoms with Crippen molar-refractivity contribution >= 4 is 5.97 Å². The number of carbonyl (C=O) groups is 1. The quantitative estimate of drug-likeness (QED) is 0.798. The van der Waals surface area contributed by atoms with Crippen molar-refractivity contribution in [1.82, 2.24) is 9.78 Å². The second-order valence-corrected chi connectivity index (χ2v) is 3.10. The van der Waals surface area contributed by atoms with Crippen molar-refractivity contribution < 1.29 is 18.7 Å². The second kappa shape index (κ2) is 3.36. The molecule has 1 heterocycles. The first-order valence-corrected chi connectivity index (χ1v) is 3.93. The maximum absolute atomic E-state index is 12.8. The summed E-state index contributed by atoms with van der Waals surface area (Å²) in [5, 5.41) is 12.1. The Hall–Kier alpha value is -1.46. The molecule has 0 spiro atoms. The minimum absolute atomic E-state index is 0.250. The van der Waals surface area contributed by atoms with Gasteiger partial charge in [-0.05, 0) is 12.5 Å². The third-order valence-electron chi connectivity index (χ3n) is 1.84. The molecule has 1 aromatic rings. The highest BCUT2D eigenvalue weighted by Crippen LogP contribution is 2.21. The van der Waals surface area contributed by atoms with Gasteiger partial charge >= 0.3 is 11.9 Å². The van der Waals surface area contributed by atoms with Gasteiger partial charge in [-0.1, -0.05) is 0 Å². The van der Waals surface area contributed by atoms with E-state index in [0.29, 0.717) is 5.69 Å². The molecule has 4 nitrogen and oxygen atoms in total. The van der Waals surface area contributed by atoms with E-state index in [1.165, 1.54) is 10.9 Å². The summed E-state index contributed by atoms with van der Waals surface area (Å²) in [7, 11) is 1.59. The molecule has 14 heavy (non-hydrogen) atoms. The summed E-state index contributed by atoms with van der Waals surface area (Å²) < 4.78 is 26.9. The van der Waals surface area contributed by atoms with Crippen LogP contribution in [0.2, 0.25) is 0 Å². The van der Waals surface area contributed by atoms with E-state index in [4.69, 9.17) is 5.11 Å². The fraction of sp³-hybridized carbons (Fsp3) is 0.500. The molecule has 0 aliphatic carbocycles. The van der Waals surface area contributed by atoms with Gasteiger partial charge in [-0.25, -0.2) is 4.79 Å². The summed E-state index contributed by atoms with van der Waals surface area (Å²) in [6.45, 7) is 1.56. The van der Waals surface area contributed by atoms with Crippen molar-refractivity contribution in [3.63, 3.8) is 0 Å². The van der Waals surface area contributed by atoms with Crippen LogP contribution in [0.1, 0.15) is 11.3 Å². The predicted molar refractivity (Wildman–Crippen MR) is 44.2 cm³/mol. The highest BCUT2D eigenvalue weighted by atomic mass is 19.3. The first kappa shape index (κ1) is 10.6. The number of aryl methyl sites for hydroxylation is 2. The van der Waals surface area contributed by atoms with E-state index in [-0.39, 0.29) is 5.56 Å². The van der Waals surface area contributed by atoms with Crippen LogP contribution in [0, 0.1) is 6.92 Å². The first-order chi connectivity index (χ1) is 6.33. The standard InChI is InChI=1S/C8H10F2N2O2/c1-5-6(4-12(2)11-5)3-8(9,10)7(13)14/h4H,3H2,1-2H3,(H,13,14). The lowest BCUT2D eigenvalue weighted by Gasteiger charge is -2.09. The van der Waals surface area contributed by atoms with Crippen molar-refractivity contribution in [2.45, 2.75) is 19.3 Å². The Morgan fingerprint density at radius 2 is 2.29 bits per heavy atom. The third kappa shape index (κ3) is 2.07. The number of aromatic nitrogens is 2. The number of alkyl halides is 2. The van der Waals surface area contributed by atoms with Gasteiger partial charge in [0.15, 0.2) is 0 Å². The molecule has 0 saturated carbocycles. The lowest BCUT2D eigenvalue weighted by Crippen LogP contribution is -2.30. The fourth-order valence-electron chi connectivity index (χ4n) is 1.14. The Morgan fingerprint density at radius 3 is 2.64 bits per heavy atom. The number of carboxylic acid groups (broad SMARTS) is 1. The van der Waals surface area contributed by atoms with Crippen molar-refractivity contribution in [1.29, 1.82) is 0 Å². The van der Waals surface area contributed by atoms with Crippen LogP contribution in [-0.2, 0) is 18.3 Å². The summed E-state index contributed by atoms with van der Waals surface area (Å²) in [4.78, 5) is 10.2. The lowest BCUT2D eigenvalue weighted by molar-refractivity contribution is -0.164. The summed E-state index contributed by atoms with van der Waals surface area (Å²) >= 11 is 0. The smallest absolute Gasteiger partial charge is 0.374 e. The monoisotopic (exact) mass is 204 g/mol. The summed E-state index contributed by atoms with van der Waals surface area (Å²) in [6.07, 6.45) is 0.578. The van der Waals surface area contributed by atoms with E-state index in [1.54, 1.807) is 14.0 Å². The van der Waals surface area contributed by atoms with Crippen LogP contribution in [0.4, 0.5) is 8.78 Å². The maximum atomic E-state index is 12.8. The van der Waals surface area contributed by atoms with E-state index in [2.05, 4.69) is 5.10 Å². The molecule has 0 unspecified atom stereocenters. The van der Waals surface area contributed by atoms with Crippen molar-refractivity contribution in [2.24, 2.45) is 7.05 Å². The second-order valence-electron chi connectivity index (χ2n) is 3.10. The Kier molecular flexibility index (Phi) is 2.55. The zero-order chi connectivity index (χ0) is 10.9. The van der Waals surface area contributed by atoms with Crippen LogP contribution in [0.3, 0.4) is 0 Å². The molecule has 0 amide bonds. The van der Waals surface area contributed by atoms with Gasteiger partial charge in [0.2, 0.25) is 0 Å². The minimum atomic E-state index is -3.73. The van der Waals surface area contributed by atoms with Crippen LogP contribution >= 0.6 is 0 Å². The lowest BCUT2D eigenvalue weighted by atomic mass is 10.1. The number of hydrogen-bond acceptors (Lipinski definition) is 2. The van der Waals surface area contributed by atoms with E-state index in [1.807, 2.05) is 0 Å². The van der Waals surface area contributed by atoms with E-state index >= 15 is 0 Å². The zero-order valence-corrected chi connectivity index (χ0v) is 7.79. The number of carboxylic acids is 1. The Balaban J connectivity index is 2.88. The van der Waals surface area contributed by atoms with Crippen LogP contribution in [0.15, 0.2) is 6.20 Å². The van der Waals surface area contributed by atoms with Gasteiger partial charge in [0, 0.05) is 13.2 Å². The number of halogens is 2. The highest BCUT2D eigenvalue weighted by Gasteiger charge is 2.39. The molecule has 78 valence electrons. The van der Waals surface area contributed by atoms with Gasteiger partial charge in [-0.2, -0.15) is 13.9 Å². The summed E-state index contributed by atoms with van der Waals surface area (Å²) in [5.41, 5.74) is 0.674. The molecule has 1 N–H and O–H groups in total. The van der Waals surface area contributed by atoms with E-state index < -0.39 is 18.3 Å². The minimum Gasteiger partial charge on any atom is -0.477 e. The van der Waals surface area contributed by atoms with Gasteiger partial charge in [0.25, 0.3) is 0 Å². The molecule has 1 rings (SSSR count). The average Bonchev–Trinajstić information content (AvgIpc) is 2.29. The average molecular weight is 204 g/mol. The maximum Gasteiger partial charge on any atom is 0.374 e. The third-order valence-corrected chi connectivity index (χ3v) is 1.84. The fourth-order valence-corrected chi connectivity index (χ4v) is 1.14.